The summed E-state index contributed by atoms with van der Waals surface area (Å²) in [7, 11) is 1.53. The van der Waals surface area contributed by atoms with E-state index in [1.807, 2.05) is 12.3 Å². The molecule has 0 fully saturated rings. The maximum absolute atomic E-state index is 12.8. The Morgan fingerprint density at radius 1 is 1.19 bits per heavy atom. The Bertz CT molecular complexity index is 610. The fourth-order valence-corrected chi connectivity index (χ4v) is 2.50. The molecule has 2 rings (SSSR count). The largest absolute Gasteiger partial charge is 0.416 e. The third-order valence-electron chi connectivity index (χ3n) is 2.72. The van der Waals surface area contributed by atoms with Crippen LogP contribution in [0.4, 0.5) is 24.8 Å². The molecule has 0 saturated carbocycles. The van der Waals surface area contributed by atoms with E-state index in [-0.39, 0.29) is 11.6 Å². The van der Waals surface area contributed by atoms with Gasteiger partial charge in [0.2, 0.25) is 0 Å². The summed E-state index contributed by atoms with van der Waals surface area (Å²) in [5, 5.41) is 8.42. The molecule has 0 spiro atoms. The molecule has 8 heteroatoms. The molecule has 0 aliphatic rings. The van der Waals surface area contributed by atoms with Crippen LogP contribution in [-0.4, -0.2) is 23.6 Å². The van der Waals surface area contributed by atoms with E-state index in [0.29, 0.717) is 13.0 Å². The topological polar surface area (TPSA) is 49.8 Å². The molecule has 0 radical (unpaired) electrons. The van der Waals surface area contributed by atoms with E-state index in [2.05, 4.69) is 20.6 Å². The molecule has 4 nitrogen and oxygen atoms in total. The molecule has 114 valence electrons. The molecular weight excluding hydrogens is 301 g/mol. The van der Waals surface area contributed by atoms with Crippen molar-refractivity contribution in [3.8, 4) is 0 Å². The fraction of sp³-hybridized carbons (Fsp3) is 0.385. The third kappa shape index (κ3) is 4.32. The van der Waals surface area contributed by atoms with Gasteiger partial charge in [0.25, 0.3) is 0 Å². The molecule has 2 aromatic heterocycles. The van der Waals surface area contributed by atoms with E-state index < -0.39 is 11.7 Å². The van der Waals surface area contributed by atoms with E-state index >= 15 is 0 Å². The normalized spacial score (nSPS) is 11.5. The van der Waals surface area contributed by atoms with Crippen molar-refractivity contribution in [3.63, 3.8) is 0 Å². The van der Waals surface area contributed by atoms with Gasteiger partial charge in [-0.1, -0.05) is 0 Å². The van der Waals surface area contributed by atoms with Crippen LogP contribution in [0, 0.1) is 6.92 Å². The lowest BCUT2D eigenvalue weighted by Crippen LogP contribution is -2.11. The molecule has 0 atom stereocenters. The van der Waals surface area contributed by atoms with Gasteiger partial charge in [0.05, 0.1) is 10.6 Å². The van der Waals surface area contributed by atoms with Crippen molar-refractivity contribution >= 4 is 23.0 Å². The van der Waals surface area contributed by atoms with Crippen LogP contribution >= 0.6 is 11.3 Å². The van der Waals surface area contributed by atoms with E-state index in [1.54, 1.807) is 0 Å². The summed E-state index contributed by atoms with van der Waals surface area (Å²) < 4.78 is 38.3. The van der Waals surface area contributed by atoms with Gasteiger partial charge in [-0.15, -0.1) is 11.3 Å². The highest BCUT2D eigenvalue weighted by atomic mass is 32.1. The van der Waals surface area contributed by atoms with Gasteiger partial charge in [-0.25, -0.2) is 9.97 Å². The summed E-state index contributed by atoms with van der Waals surface area (Å²) in [6, 6.07) is 1.99. The number of rotatable bonds is 5. The van der Waals surface area contributed by atoms with Crippen molar-refractivity contribution < 1.29 is 13.2 Å². The molecule has 0 aliphatic carbocycles. The van der Waals surface area contributed by atoms with Crippen molar-refractivity contribution in [1.82, 2.24) is 9.97 Å². The van der Waals surface area contributed by atoms with Crippen LogP contribution in [-0.2, 0) is 12.6 Å². The van der Waals surface area contributed by atoms with E-state index in [9.17, 15) is 13.2 Å². The molecule has 0 aliphatic heterocycles. The molecule has 0 bridgehead atoms. The van der Waals surface area contributed by atoms with Crippen LogP contribution in [0.25, 0.3) is 0 Å². The Labute approximate surface area is 124 Å². The summed E-state index contributed by atoms with van der Waals surface area (Å²) in [5.41, 5.74) is 0.221. The van der Waals surface area contributed by atoms with Gasteiger partial charge < -0.3 is 10.6 Å². The lowest BCUT2D eigenvalue weighted by atomic mass is 10.2. The number of aryl methyl sites for hydroxylation is 1. The first-order valence-electron chi connectivity index (χ1n) is 6.30. The molecule has 0 unspecified atom stereocenters. The highest BCUT2D eigenvalue weighted by molar-refractivity contribution is 7.09. The van der Waals surface area contributed by atoms with Gasteiger partial charge in [-0.05, 0) is 19.1 Å². The Kier molecular flexibility index (Phi) is 4.66. The number of aromatic nitrogens is 2. The average molecular weight is 316 g/mol. The summed E-state index contributed by atoms with van der Waals surface area (Å²) in [6.07, 6.45) is -3.75. The monoisotopic (exact) mass is 316 g/mol. The van der Waals surface area contributed by atoms with Crippen LogP contribution in [0.2, 0.25) is 0 Å². The van der Waals surface area contributed by atoms with E-state index in [4.69, 9.17) is 0 Å². The molecule has 0 aromatic carbocycles. The first-order valence-corrected chi connectivity index (χ1v) is 7.18. The van der Waals surface area contributed by atoms with Crippen molar-refractivity contribution in [2.45, 2.75) is 19.5 Å². The van der Waals surface area contributed by atoms with E-state index in [0.717, 1.165) is 22.8 Å². The van der Waals surface area contributed by atoms with Crippen LogP contribution < -0.4 is 10.6 Å². The second-order valence-electron chi connectivity index (χ2n) is 4.43. The Balaban J connectivity index is 2.05. The number of pyridine rings is 1. The van der Waals surface area contributed by atoms with Crippen LogP contribution in [0.3, 0.4) is 0 Å². The summed E-state index contributed by atoms with van der Waals surface area (Å²) in [5.74, 6) is 0.375. The van der Waals surface area contributed by atoms with Crippen LogP contribution in [0.15, 0.2) is 17.5 Å². The third-order valence-corrected chi connectivity index (χ3v) is 3.75. The van der Waals surface area contributed by atoms with Crippen molar-refractivity contribution in [2.24, 2.45) is 0 Å². The van der Waals surface area contributed by atoms with E-state index in [1.165, 1.54) is 18.4 Å². The molecule has 0 amide bonds. The molecule has 2 aromatic rings. The smallest absolute Gasteiger partial charge is 0.373 e. The molecular formula is C13H15F3N4S. The van der Waals surface area contributed by atoms with Crippen LogP contribution in [0.5, 0.6) is 0 Å². The van der Waals surface area contributed by atoms with Crippen LogP contribution in [0.1, 0.15) is 16.3 Å². The SMILES string of the molecule is CNc1cc(C(F)(F)F)cc(NCCc2nc(C)cs2)n1. The number of thiazole rings is 1. The van der Waals surface area contributed by atoms with Gasteiger partial charge in [0.15, 0.2) is 0 Å². The highest BCUT2D eigenvalue weighted by Crippen LogP contribution is 2.31. The minimum Gasteiger partial charge on any atom is -0.373 e. The quantitative estimate of drug-likeness (QED) is 0.885. The zero-order valence-electron chi connectivity index (χ0n) is 11.6. The van der Waals surface area contributed by atoms with Gasteiger partial charge in [0.1, 0.15) is 11.6 Å². The van der Waals surface area contributed by atoms with Gasteiger partial charge >= 0.3 is 6.18 Å². The first-order chi connectivity index (χ1) is 9.88. The Morgan fingerprint density at radius 3 is 2.48 bits per heavy atom. The number of hydrogen-bond donors (Lipinski definition) is 2. The van der Waals surface area contributed by atoms with Crippen molar-refractivity contribution in [1.29, 1.82) is 0 Å². The number of alkyl halides is 3. The number of anilines is 2. The molecule has 2 heterocycles. The lowest BCUT2D eigenvalue weighted by Gasteiger charge is -2.12. The summed E-state index contributed by atoms with van der Waals surface area (Å²) in [4.78, 5) is 8.36. The fourth-order valence-electron chi connectivity index (χ4n) is 1.73. The number of halogens is 3. The molecule has 0 saturated heterocycles. The Hall–Kier alpha value is -1.83. The second-order valence-corrected chi connectivity index (χ2v) is 5.38. The molecule has 21 heavy (non-hydrogen) atoms. The lowest BCUT2D eigenvalue weighted by molar-refractivity contribution is -0.137. The minimum atomic E-state index is -4.39. The zero-order valence-corrected chi connectivity index (χ0v) is 12.4. The first kappa shape index (κ1) is 15.6. The number of nitrogens with zero attached hydrogens (tertiary/aromatic N) is 2. The molecule has 2 N–H and O–H groups in total. The maximum atomic E-state index is 12.8. The summed E-state index contributed by atoms with van der Waals surface area (Å²) >= 11 is 1.54. The Morgan fingerprint density at radius 2 is 1.90 bits per heavy atom. The van der Waals surface area contributed by atoms with Gasteiger partial charge in [-0.2, -0.15) is 13.2 Å². The highest BCUT2D eigenvalue weighted by Gasteiger charge is 2.31. The van der Waals surface area contributed by atoms with Gasteiger partial charge in [-0.3, -0.25) is 0 Å². The van der Waals surface area contributed by atoms with Crippen molar-refractivity contribution in [3.05, 3.63) is 33.8 Å². The number of hydrogen-bond acceptors (Lipinski definition) is 5. The summed E-state index contributed by atoms with van der Waals surface area (Å²) in [6.45, 7) is 2.38. The minimum absolute atomic E-state index is 0.178. The standard InChI is InChI=1S/C13H15F3N4S/c1-8-7-21-12(19-8)3-4-18-11-6-9(13(14,15)16)5-10(17-2)20-11/h5-7H,3-4H2,1-2H3,(H2,17,18,20). The van der Waals surface area contributed by atoms with Gasteiger partial charge in [0, 0.05) is 31.1 Å². The maximum Gasteiger partial charge on any atom is 0.416 e. The predicted molar refractivity (Wildman–Crippen MR) is 77.8 cm³/mol. The second kappa shape index (κ2) is 6.30. The predicted octanol–water partition coefficient (Wildman–Crippen LogP) is 3.56. The average Bonchev–Trinajstić information content (AvgIpc) is 2.83. The number of nitrogens with one attached hydrogen (secondary N) is 2. The zero-order chi connectivity index (χ0) is 15.5. The van der Waals surface area contributed by atoms with Crippen molar-refractivity contribution in [2.75, 3.05) is 24.2 Å².